The molecular formula is C20H33N9O4. The second-order valence-electron chi connectivity index (χ2n) is 8.27. The summed E-state index contributed by atoms with van der Waals surface area (Å²) in [5, 5.41) is 0. The van der Waals surface area contributed by atoms with E-state index < -0.39 is 24.3 Å². The van der Waals surface area contributed by atoms with E-state index in [1.165, 1.54) is 14.7 Å². The van der Waals surface area contributed by atoms with Gasteiger partial charge in [-0.3, -0.25) is 4.90 Å². The van der Waals surface area contributed by atoms with Crippen LogP contribution in [0.3, 0.4) is 0 Å². The lowest BCUT2D eigenvalue weighted by Crippen LogP contribution is -2.56. The standard InChI is InChI=1S/C20H33N9O4/c21-14-3-1-13(2-4-14)11-15-12-28(17-16(22)33-17)8-7-26(18(23)30)5-6-27(19(24)31)9-10-29(15)20(25)32/h1-4,15-17H,5-12,21-22H2,(H2,23,30)(H2,24,31)(H2,25,32). The zero-order chi connectivity index (χ0) is 24.1. The molecule has 182 valence electrons. The van der Waals surface area contributed by atoms with Crippen molar-refractivity contribution in [1.29, 1.82) is 0 Å². The lowest BCUT2D eigenvalue weighted by molar-refractivity contribution is 0.0970. The Morgan fingerprint density at radius 1 is 0.848 bits per heavy atom. The van der Waals surface area contributed by atoms with Crippen LogP contribution in [-0.4, -0.2) is 102 Å². The first-order valence-corrected chi connectivity index (χ1v) is 10.8. The van der Waals surface area contributed by atoms with E-state index in [1.54, 1.807) is 12.1 Å². The number of carbonyl (C=O) groups excluding carboxylic acids is 3. The summed E-state index contributed by atoms with van der Waals surface area (Å²) in [6, 6.07) is 5.12. The minimum Gasteiger partial charge on any atom is -0.399 e. The molecule has 0 bridgehead atoms. The number of primary amides is 3. The molecule has 0 spiro atoms. The minimum atomic E-state index is -0.657. The Kier molecular flexibility index (Phi) is 7.79. The van der Waals surface area contributed by atoms with E-state index in [2.05, 4.69) is 0 Å². The summed E-state index contributed by atoms with van der Waals surface area (Å²) >= 11 is 0. The number of ether oxygens (including phenoxy) is 1. The molecule has 2 aliphatic rings. The molecule has 1 aromatic carbocycles. The number of nitrogens with two attached hydrogens (primary N) is 5. The molecule has 2 saturated heterocycles. The van der Waals surface area contributed by atoms with Gasteiger partial charge in [-0.15, -0.1) is 0 Å². The lowest BCUT2D eigenvalue weighted by Gasteiger charge is -2.37. The molecule has 3 rings (SSSR count). The molecule has 1 aromatic rings. The lowest BCUT2D eigenvalue weighted by atomic mass is 10.0. The number of amides is 6. The van der Waals surface area contributed by atoms with E-state index in [0.29, 0.717) is 31.7 Å². The highest BCUT2D eigenvalue weighted by molar-refractivity contribution is 5.74. The summed E-state index contributed by atoms with van der Waals surface area (Å²) in [5.41, 5.74) is 30.1. The van der Waals surface area contributed by atoms with Gasteiger partial charge in [0.15, 0.2) is 6.23 Å². The molecule has 0 aromatic heterocycles. The van der Waals surface area contributed by atoms with Crippen molar-refractivity contribution in [2.75, 3.05) is 51.5 Å². The van der Waals surface area contributed by atoms with Crippen molar-refractivity contribution in [3.05, 3.63) is 29.8 Å². The molecule has 13 heteroatoms. The Balaban J connectivity index is 1.90. The fourth-order valence-corrected chi connectivity index (χ4v) is 4.06. The molecule has 3 unspecified atom stereocenters. The highest BCUT2D eigenvalue weighted by atomic mass is 16.6. The van der Waals surface area contributed by atoms with E-state index in [4.69, 9.17) is 33.4 Å². The monoisotopic (exact) mass is 463 g/mol. The SMILES string of the molecule is NC(=O)N1CCN(C(N)=O)CCN(C(N)=O)C(Cc2ccc(N)cc2)CN(C2OC2N)CC1. The van der Waals surface area contributed by atoms with Gasteiger partial charge in [-0.1, -0.05) is 12.1 Å². The molecule has 13 nitrogen and oxygen atoms in total. The second kappa shape index (κ2) is 10.6. The topological polar surface area (TPSA) is 207 Å². The number of anilines is 1. The van der Waals surface area contributed by atoms with E-state index in [9.17, 15) is 14.4 Å². The summed E-state index contributed by atoms with van der Waals surface area (Å²) in [6.45, 7) is 1.78. The van der Waals surface area contributed by atoms with Gasteiger partial charge in [-0.25, -0.2) is 14.4 Å². The van der Waals surface area contributed by atoms with Crippen molar-refractivity contribution in [3.8, 4) is 0 Å². The molecule has 33 heavy (non-hydrogen) atoms. The van der Waals surface area contributed by atoms with Crippen LogP contribution < -0.4 is 28.7 Å². The average Bonchev–Trinajstić information content (AvgIpc) is 3.47. The molecule has 10 N–H and O–H groups in total. The largest absolute Gasteiger partial charge is 0.399 e. The van der Waals surface area contributed by atoms with Crippen LogP contribution in [0, 0.1) is 0 Å². The number of hydrogen-bond acceptors (Lipinski definition) is 7. The predicted molar refractivity (Wildman–Crippen MR) is 121 cm³/mol. The van der Waals surface area contributed by atoms with Crippen LogP contribution >= 0.6 is 0 Å². The van der Waals surface area contributed by atoms with Gasteiger partial charge in [0.1, 0.15) is 6.23 Å². The van der Waals surface area contributed by atoms with Crippen molar-refractivity contribution < 1.29 is 19.1 Å². The predicted octanol–water partition coefficient (Wildman–Crippen LogP) is -1.72. The van der Waals surface area contributed by atoms with Gasteiger partial charge in [0, 0.05) is 51.5 Å². The molecule has 6 amide bonds. The number of nitrogen functional groups attached to an aromatic ring is 1. The van der Waals surface area contributed by atoms with Crippen molar-refractivity contribution >= 4 is 23.8 Å². The van der Waals surface area contributed by atoms with Crippen LogP contribution in [0.1, 0.15) is 5.56 Å². The third-order valence-corrected chi connectivity index (χ3v) is 6.01. The van der Waals surface area contributed by atoms with Crippen molar-refractivity contribution in [2.24, 2.45) is 22.9 Å². The van der Waals surface area contributed by atoms with Crippen LogP contribution in [0.25, 0.3) is 0 Å². The summed E-state index contributed by atoms with van der Waals surface area (Å²) < 4.78 is 5.48. The molecule has 0 aliphatic carbocycles. The maximum absolute atomic E-state index is 12.5. The summed E-state index contributed by atoms with van der Waals surface area (Å²) in [7, 11) is 0. The Morgan fingerprint density at radius 2 is 1.36 bits per heavy atom. The third kappa shape index (κ3) is 6.60. The molecule has 0 saturated carbocycles. The molecule has 2 fully saturated rings. The summed E-state index contributed by atoms with van der Waals surface area (Å²) in [4.78, 5) is 42.6. The van der Waals surface area contributed by atoms with Crippen molar-refractivity contribution in [1.82, 2.24) is 19.6 Å². The maximum Gasteiger partial charge on any atom is 0.315 e. The van der Waals surface area contributed by atoms with Crippen LogP contribution in [0.4, 0.5) is 20.1 Å². The highest BCUT2D eigenvalue weighted by Crippen LogP contribution is 2.24. The number of hydrogen-bond donors (Lipinski definition) is 5. The molecule has 0 radical (unpaired) electrons. The molecule has 2 aliphatic heterocycles. The van der Waals surface area contributed by atoms with Crippen LogP contribution in [0.15, 0.2) is 24.3 Å². The van der Waals surface area contributed by atoms with Gasteiger partial charge in [0.25, 0.3) is 0 Å². The Hall–Kier alpha value is -3.29. The van der Waals surface area contributed by atoms with Gasteiger partial charge in [-0.05, 0) is 24.1 Å². The van der Waals surface area contributed by atoms with E-state index in [1.807, 2.05) is 17.0 Å². The number of rotatable bonds is 3. The summed E-state index contributed by atoms with van der Waals surface area (Å²) in [6.07, 6.45) is -0.310. The van der Waals surface area contributed by atoms with Gasteiger partial charge < -0.3 is 48.1 Å². The quantitative estimate of drug-likeness (QED) is 0.258. The average molecular weight is 464 g/mol. The first kappa shape index (κ1) is 24.4. The summed E-state index contributed by atoms with van der Waals surface area (Å²) in [5.74, 6) is 0. The highest BCUT2D eigenvalue weighted by Gasteiger charge is 2.42. The molecule has 2 heterocycles. The Bertz CT molecular complexity index is 852. The molecular weight excluding hydrogens is 430 g/mol. The number of nitrogens with zero attached hydrogens (tertiary/aromatic N) is 4. The number of urea groups is 3. The van der Waals surface area contributed by atoms with Gasteiger partial charge in [0.05, 0.1) is 6.04 Å². The van der Waals surface area contributed by atoms with Crippen LogP contribution in [0.5, 0.6) is 0 Å². The number of benzene rings is 1. The zero-order valence-corrected chi connectivity index (χ0v) is 18.5. The van der Waals surface area contributed by atoms with Gasteiger partial charge >= 0.3 is 18.1 Å². The van der Waals surface area contributed by atoms with Crippen molar-refractivity contribution in [2.45, 2.75) is 24.9 Å². The number of epoxide rings is 1. The first-order chi connectivity index (χ1) is 15.7. The Morgan fingerprint density at radius 3 is 1.85 bits per heavy atom. The first-order valence-electron chi connectivity index (χ1n) is 10.8. The third-order valence-electron chi connectivity index (χ3n) is 6.01. The smallest absolute Gasteiger partial charge is 0.315 e. The second-order valence-corrected chi connectivity index (χ2v) is 8.27. The van der Waals surface area contributed by atoms with Crippen LogP contribution in [-0.2, 0) is 11.2 Å². The van der Waals surface area contributed by atoms with Gasteiger partial charge in [0.2, 0.25) is 0 Å². The fraction of sp³-hybridized carbons (Fsp3) is 0.550. The van der Waals surface area contributed by atoms with E-state index in [0.717, 1.165) is 5.56 Å². The zero-order valence-electron chi connectivity index (χ0n) is 18.5. The van der Waals surface area contributed by atoms with E-state index >= 15 is 0 Å². The minimum absolute atomic E-state index is 0.155. The van der Waals surface area contributed by atoms with Crippen LogP contribution in [0.2, 0.25) is 0 Å². The fourth-order valence-electron chi connectivity index (χ4n) is 4.06. The molecule has 3 atom stereocenters. The normalized spacial score (nSPS) is 25.1. The Labute approximate surface area is 192 Å². The van der Waals surface area contributed by atoms with Crippen molar-refractivity contribution in [3.63, 3.8) is 0 Å². The number of carbonyl (C=O) groups is 3. The maximum atomic E-state index is 12.5. The van der Waals surface area contributed by atoms with E-state index in [-0.39, 0.29) is 38.4 Å². The van der Waals surface area contributed by atoms with Gasteiger partial charge in [-0.2, -0.15) is 0 Å².